The topological polar surface area (TPSA) is 74.0 Å². The van der Waals surface area contributed by atoms with Gasteiger partial charge in [-0.2, -0.15) is 9.65 Å². The van der Waals surface area contributed by atoms with Crippen LogP contribution in [0.4, 0.5) is 13.2 Å². The monoisotopic (exact) mass is 216 g/mol. The van der Waals surface area contributed by atoms with Crippen molar-refractivity contribution in [1.82, 2.24) is 4.98 Å². The van der Waals surface area contributed by atoms with Crippen LogP contribution in [-0.2, 0) is 0 Å². The second-order valence-corrected chi connectivity index (χ2v) is 2.48. The van der Waals surface area contributed by atoms with Crippen LogP contribution in [0.5, 0.6) is 0 Å². The fraction of sp³-hybridized carbons (Fsp3) is 0.125. The maximum atomic E-state index is 12.9. The van der Waals surface area contributed by atoms with Gasteiger partial charge in [0.05, 0.1) is 5.56 Å². The maximum absolute atomic E-state index is 12.9. The standard InChI is InChI=1S/C8H3F3N2O2/c9-6(10)4-1-3(2-12)5(8(14)15)7(11)13-4/h1,6H,(H,14,15). The molecule has 78 valence electrons. The summed E-state index contributed by atoms with van der Waals surface area (Å²) in [6, 6.07) is 1.87. The number of hydrogen-bond donors (Lipinski definition) is 1. The lowest BCUT2D eigenvalue weighted by Crippen LogP contribution is -2.08. The Morgan fingerprint density at radius 2 is 2.20 bits per heavy atom. The molecule has 1 aromatic rings. The fourth-order valence-corrected chi connectivity index (χ4v) is 0.936. The van der Waals surface area contributed by atoms with Crippen molar-refractivity contribution in [2.24, 2.45) is 0 Å². The third-order valence-corrected chi connectivity index (χ3v) is 1.55. The van der Waals surface area contributed by atoms with Crippen molar-refractivity contribution < 1.29 is 23.1 Å². The number of rotatable bonds is 2. The Morgan fingerprint density at radius 1 is 1.60 bits per heavy atom. The quantitative estimate of drug-likeness (QED) is 0.764. The molecule has 0 aliphatic rings. The highest BCUT2D eigenvalue weighted by Gasteiger charge is 2.21. The molecular weight excluding hydrogens is 213 g/mol. The van der Waals surface area contributed by atoms with Crippen LogP contribution in [-0.4, -0.2) is 16.1 Å². The Hall–Kier alpha value is -2.10. The molecule has 0 aliphatic heterocycles. The van der Waals surface area contributed by atoms with E-state index in [2.05, 4.69) is 4.98 Å². The Balaban J connectivity index is 3.46. The van der Waals surface area contributed by atoms with Crippen molar-refractivity contribution in [3.63, 3.8) is 0 Å². The fourth-order valence-electron chi connectivity index (χ4n) is 0.936. The van der Waals surface area contributed by atoms with Gasteiger partial charge in [-0.15, -0.1) is 0 Å². The summed E-state index contributed by atoms with van der Waals surface area (Å²) in [7, 11) is 0. The molecule has 1 heterocycles. The van der Waals surface area contributed by atoms with E-state index in [1.165, 1.54) is 6.07 Å². The molecule has 7 heteroatoms. The molecule has 0 saturated carbocycles. The number of hydrogen-bond acceptors (Lipinski definition) is 3. The van der Waals surface area contributed by atoms with Gasteiger partial charge in [-0.25, -0.2) is 18.6 Å². The minimum Gasteiger partial charge on any atom is -0.477 e. The minimum atomic E-state index is -3.06. The van der Waals surface area contributed by atoms with E-state index >= 15 is 0 Å². The third kappa shape index (κ3) is 2.04. The molecule has 0 radical (unpaired) electrons. The van der Waals surface area contributed by atoms with E-state index in [1.54, 1.807) is 0 Å². The molecule has 0 saturated heterocycles. The molecule has 15 heavy (non-hydrogen) atoms. The van der Waals surface area contributed by atoms with Gasteiger partial charge in [0, 0.05) is 0 Å². The van der Waals surface area contributed by atoms with Gasteiger partial charge < -0.3 is 5.11 Å². The molecule has 0 amide bonds. The molecular formula is C8H3F3N2O2. The van der Waals surface area contributed by atoms with Gasteiger partial charge in [-0.05, 0) is 6.07 Å². The summed E-state index contributed by atoms with van der Waals surface area (Å²) in [5, 5.41) is 16.9. The number of carboxylic acid groups (broad SMARTS) is 1. The number of halogens is 3. The number of carbonyl (C=O) groups is 1. The SMILES string of the molecule is N#Cc1cc(C(F)F)nc(F)c1C(=O)O. The Morgan fingerprint density at radius 3 is 2.60 bits per heavy atom. The number of pyridine rings is 1. The molecule has 0 aliphatic carbocycles. The van der Waals surface area contributed by atoms with Crippen LogP contribution >= 0.6 is 0 Å². The van der Waals surface area contributed by atoms with Gasteiger partial charge in [0.1, 0.15) is 17.3 Å². The lowest BCUT2D eigenvalue weighted by molar-refractivity contribution is 0.0689. The molecule has 1 aromatic heterocycles. The van der Waals surface area contributed by atoms with Crippen molar-refractivity contribution in [2.45, 2.75) is 6.43 Å². The molecule has 0 atom stereocenters. The average molecular weight is 216 g/mol. The molecule has 0 spiro atoms. The van der Waals surface area contributed by atoms with E-state index in [0.29, 0.717) is 6.07 Å². The number of carboxylic acids is 1. The molecule has 1 rings (SSSR count). The van der Waals surface area contributed by atoms with E-state index in [-0.39, 0.29) is 0 Å². The summed E-state index contributed by atoms with van der Waals surface area (Å²) >= 11 is 0. The van der Waals surface area contributed by atoms with Gasteiger partial charge in [-0.1, -0.05) is 0 Å². The molecule has 1 N–H and O–H groups in total. The lowest BCUT2D eigenvalue weighted by atomic mass is 10.1. The van der Waals surface area contributed by atoms with E-state index in [9.17, 15) is 18.0 Å². The average Bonchev–Trinajstić information content (AvgIpc) is 2.15. The van der Waals surface area contributed by atoms with Gasteiger partial charge in [-0.3, -0.25) is 0 Å². The third-order valence-electron chi connectivity index (χ3n) is 1.55. The summed E-state index contributed by atoms with van der Waals surface area (Å²) in [4.78, 5) is 13.2. The predicted octanol–water partition coefficient (Wildman–Crippen LogP) is 1.73. The summed E-state index contributed by atoms with van der Waals surface area (Å²) < 4.78 is 37.2. The molecule has 4 nitrogen and oxygen atoms in total. The molecule has 0 unspecified atom stereocenters. The maximum Gasteiger partial charge on any atom is 0.341 e. The van der Waals surface area contributed by atoms with Crippen LogP contribution in [0.25, 0.3) is 0 Å². The van der Waals surface area contributed by atoms with Crippen LogP contribution < -0.4 is 0 Å². The first-order valence-electron chi connectivity index (χ1n) is 3.59. The highest BCUT2D eigenvalue weighted by molar-refractivity contribution is 5.90. The summed E-state index contributed by atoms with van der Waals surface area (Å²) in [6.45, 7) is 0. The van der Waals surface area contributed by atoms with Crippen molar-refractivity contribution in [2.75, 3.05) is 0 Å². The lowest BCUT2D eigenvalue weighted by Gasteiger charge is -2.03. The summed E-state index contributed by atoms with van der Waals surface area (Å²) in [5.74, 6) is -3.31. The first-order chi connectivity index (χ1) is 6.97. The Kier molecular flexibility index (Phi) is 2.90. The first kappa shape index (κ1) is 11.0. The van der Waals surface area contributed by atoms with Gasteiger partial charge >= 0.3 is 5.97 Å². The predicted molar refractivity (Wildman–Crippen MR) is 40.8 cm³/mol. The highest BCUT2D eigenvalue weighted by Crippen LogP contribution is 2.21. The van der Waals surface area contributed by atoms with E-state index in [4.69, 9.17) is 10.4 Å². The van der Waals surface area contributed by atoms with E-state index < -0.39 is 35.2 Å². The van der Waals surface area contributed by atoms with Crippen molar-refractivity contribution in [3.05, 3.63) is 28.8 Å². The van der Waals surface area contributed by atoms with Crippen LogP contribution in [0.2, 0.25) is 0 Å². The second-order valence-electron chi connectivity index (χ2n) is 2.48. The number of nitrogens with zero attached hydrogens (tertiary/aromatic N) is 2. The minimum absolute atomic E-state index is 0.553. The zero-order valence-electron chi connectivity index (χ0n) is 7.04. The zero-order chi connectivity index (χ0) is 11.6. The van der Waals surface area contributed by atoms with Crippen LogP contribution in [0.15, 0.2) is 6.07 Å². The number of alkyl halides is 2. The number of aromatic carboxylic acids is 1. The van der Waals surface area contributed by atoms with E-state index in [1.807, 2.05) is 0 Å². The first-order valence-corrected chi connectivity index (χ1v) is 3.59. The van der Waals surface area contributed by atoms with Crippen LogP contribution in [0.3, 0.4) is 0 Å². The number of aromatic nitrogens is 1. The van der Waals surface area contributed by atoms with Gasteiger partial charge in [0.2, 0.25) is 5.95 Å². The van der Waals surface area contributed by atoms with Crippen molar-refractivity contribution in [1.29, 1.82) is 5.26 Å². The Bertz CT molecular complexity index is 454. The number of nitriles is 1. The molecule has 0 fully saturated rings. The van der Waals surface area contributed by atoms with Crippen LogP contribution in [0.1, 0.15) is 28.0 Å². The smallest absolute Gasteiger partial charge is 0.341 e. The van der Waals surface area contributed by atoms with Gasteiger partial charge in [0.25, 0.3) is 6.43 Å². The largest absolute Gasteiger partial charge is 0.477 e. The second kappa shape index (κ2) is 3.96. The molecule has 0 bridgehead atoms. The van der Waals surface area contributed by atoms with E-state index in [0.717, 1.165) is 0 Å². The highest BCUT2D eigenvalue weighted by atomic mass is 19.3. The normalized spacial score (nSPS) is 10.1. The van der Waals surface area contributed by atoms with Crippen LogP contribution in [0, 0.1) is 17.3 Å². The zero-order valence-corrected chi connectivity index (χ0v) is 7.04. The molecule has 0 aromatic carbocycles. The van der Waals surface area contributed by atoms with Crippen molar-refractivity contribution in [3.8, 4) is 6.07 Å². The Labute approximate surface area is 81.6 Å². The van der Waals surface area contributed by atoms with Gasteiger partial charge in [0.15, 0.2) is 0 Å². The summed E-state index contributed by atoms with van der Waals surface area (Å²) in [5.41, 5.74) is -2.64. The summed E-state index contributed by atoms with van der Waals surface area (Å²) in [6.07, 6.45) is -3.06. The van der Waals surface area contributed by atoms with Crippen molar-refractivity contribution >= 4 is 5.97 Å².